The maximum atomic E-state index is 4.59. The lowest BCUT2D eigenvalue weighted by Crippen LogP contribution is -2.26. The van der Waals surface area contributed by atoms with Gasteiger partial charge in [-0.15, -0.1) is 0 Å². The third-order valence-electron chi connectivity index (χ3n) is 10.1. The normalized spacial score (nSPS) is 13.5. The Hall–Kier alpha value is -5.79. The van der Waals surface area contributed by atoms with Crippen molar-refractivity contribution >= 4 is 21.5 Å². The van der Waals surface area contributed by atoms with Crippen molar-refractivity contribution < 1.29 is 0 Å². The van der Waals surface area contributed by atoms with Crippen LogP contribution in [0.1, 0.15) is 22.3 Å². The third kappa shape index (κ3) is 3.25. The summed E-state index contributed by atoms with van der Waals surface area (Å²) in [5, 5.41) is 5.13. The van der Waals surface area contributed by atoms with Crippen molar-refractivity contribution in [2.24, 2.45) is 0 Å². The fourth-order valence-electron chi connectivity index (χ4n) is 8.27. The molecule has 1 aromatic heterocycles. The van der Waals surface area contributed by atoms with Crippen LogP contribution >= 0.6 is 0 Å². The number of aromatic nitrogens is 1. The number of hydrogen-bond donors (Lipinski definition) is 0. The summed E-state index contributed by atoms with van der Waals surface area (Å²) in [6, 6.07) is 58.3. The van der Waals surface area contributed by atoms with Crippen molar-refractivity contribution in [3.05, 3.63) is 186 Å². The van der Waals surface area contributed by atoms with Crippen LogP contribution in [0.5, 0.6) is 0 Å². The predicted molar refractivity (Wildman–Crippen MR) is 186 cm³/mol. The number of fused-ring (bicyclic) bond motifs is 13. The zero-order valence-electron chi connectivity index (χ0n) is 24.5. The molecule has 0 amide bonds. The first-order chi connectivity index (χ1) is 22.3. The monoisotopic (exact) mass is 569 g/mol. The van der Waals surface area contributed by atoms with Crippen LogP contribution in [0.25, 0.3) is 66.2 Å². The van der Waals surface area contributed by atoms with Crippen LogP contribution in [0.2, 0.25) is 0 Å². The lowest BCUT2D eigenvalue weighted by molar-refractivity contribution is 0.796. The summed E-state index contributed by atoms with van der Waals surface area (Å²) in [7, 11) is 0. The molecule has 0 saturated heterocycles. The maximum absolute atomic E-state index is 4.59. The zero-order valence-corrected chi connectivity index (χ0v) is 24.5. The second kappa shape index (κ2) is 9.11. The molecule has 1 spiro atoms. The number of nitrogens with zero attached hydrogens (tertiary/aromatic N) is 1. The topological polar surface area (TPSA) is 12.9 Å². The fraction of sp³-hybridized carbons (Fsp3) is 0.0227. The van der Waals surface area contributed by atoms with Crippen molar-refractivity contribution in [3.63, 3.8) is 0 Å². The van der Waals surface area contributed by atoms with Gasteiger partial charge in [-0.3, -0.25) is 4.98 Å². The van der Waals surface area contributed by atoms with Crippen LogP contribution in [0, 0.1) is 0 Å². The highest BCUT2D eigenvalue weighted by atomic mass is 14.7. The van der Waals surface area contributed by atoms with Crippen molar-refractivity contribution in [3.8, 4) is 44.6 Å². The van der Waals surface area contributed by atoms with E-state index in [9.17, 15) is 0 Å². The van der Waals surface area contributed by atoms with Crippen molar-refractivity contribution in [2.75, 3.05) is 0 Å². The summed E-state index contributed by atoms with van der Waals surface area (Å²) in [5.74, 6) is 0. The van der Waals surface area contributed by atoms with E-state index in [0.29, 0.717) is 0 Å². The molecular weight excluding hydrogens is 542 g/mol. The Morgan fingerprint density at radius 1 is 0.378 bits per heavy atom. The van der Waals surface area contributed by atoms with Gasteiger partial charge < -0.3 is 0 Å². The standard InChI is InChI=1S/C44H27N/c1-2-12-31-26-40-37(25-30(31)11-1)43-35-16-4-3-13-32(35)36(28-20-22-29(23-21-28)42-19-9-10-24-45-42)27-41(43)44(40)38-17-7-5-14-33(38)34-15-6-8-18-39(34)44/h1-27H. The number of hydrogen-bond acceptors (Lipinski definition) is 1. The first-order valence-corrected chi connectivity index (χ1v) is 15.6. The molecule has 1 heteroatoms. The Morgan fingerprint density at radius 2 is 0.978 bits per heavy atom. The van der Waals surface area contributed by atoms with Gasteiger partial charge in [0.25, 0.3) is 0 Å². The zero-order chi connectivity index (χ0) is 29.5. The summed E-state index contributed by atoms with van der Waals surface area (Å²) in [4.78, 5) is 4.59. The van der Waals surface area contributed by atoms with Crippen LogP contribution in [-0.2, 0) is 5.41 Å². The molecule has 45 heavy (non-hydrogen) atoms. The Labute approximate surface area is 262 Å². The van der Waals surface area contributed by atoms with Crippen LogP contribution in [-0.4, -0.2) is 4.98 Å². The van der Waals surface area contributed by atoms with Gasteiger partial charge in [0.05, 0.1) is 11.1 Å². The Morgan fingerprint density at radius 3 is 1.69 bits per heavy atom. The molecule has 0 radical (unpaired) electrons. The molecule has 8 aromatic rings. The van der Waals surface area contributed by atoms with Crippen LogP contribution < -0.4 is 0 Å². The molecular formula is C44H27N. The molecule has 0 aliphatic heterocycles. The fourth-order valence-corrected chi connectivity index (χ4v) is 8.27. The van der Waals surface area contributed by atoms with Gasteiger partial charge in [-0.1, -0.05) is 127 Å². The Kier molecular flexibility index (Phi) is 4.99. The quantitative estimate of drug-likeness (QED) is 0.202. The average Bonchev–Trinajstić information content (AvgIpc) is 3.57. The van der Waals surface area contributed by atoms with Gasteiger partial charge >= 0.3 is 0 Å². The van der Waals surface area contributed by atoms with E-state index >= 15 is 0 Å². The van der Waals surface area contributed by atoms with Crippen molar-refractivity contribution in [2.45, 2.75) is 5.41 Å². The SMILES string of the molecule is c1ccc(-c2ccc(-c3cc4c(c5ccccc35)-c3cc5ccccc5cc3C43c4ccccc4-c4ccccc43)cc2)nc1. The van der Waals surface area contributed by atoms with Gasteiger partial charge in [0.2, 0.25) is 0 Å². The second-order valence-electron chi connectivity index (χ2n) is 12.3. The van der Waals surface area contributed by atoms with E-state index in [1.165, 1.54) is 77.2 Å². The smallest absolute Gasteiger partial charge is 0.0726 e. The lowest BCUT2D eigenvalue weighted by Gasteiger charge is -2.31. The Bertz CT molecular complexity index is 2420. The van der Waals surface area contributed by atoms with Crippen molar-refractivity contribution in [1.82, 2.24) is 4.98 Å². The van der Waals surface area contributed by atoms with Crippen LogP contribution in [0.3, 0.4) is 0 Å². The van der Waals surface area contributed by atoms with Gasteiger partial charge in [0.1, 0.15) is 0 Å². The van der Waals surface area contributed by atoms with E-state index in [1.54, 1.807) is 0 Å². The molecule has 2 aliphatic rings. The minimum Gasteiger partial charge on any atom is -0.256 e. The highest BCUT2D eigenvalue weighted by Gasteiger charge is 2.52. The highest BCUT2D eigenvalue weighted by molar-refractivity contribution is 6.12. The minimum atomic E-state index is -0.408. The number of benzene rings is 7. The first-order valence-electron chi connectivity index (χ1n) is 15.6. The number of rotatable bonds is 2. The molecule has 0 atom stereocenters. The molecule has 7 aromatic carbocycles. The predicted octanol–water partition coefficient (Wildman–Crippen LogP) is 11.1. The average molecular weight is 570 g/mol. The Balaban J connectivity index is 1.34. The molecule has 0 N–H and O–H groups in total. The molecule has 10 rings (SSSR count). The van der Waals surface area contributed by atoms with Crippen LogP contribution in [0.15, 0.2) is 164 Å². The summed E-state index contributed by atoms with van der Waals surface area (Å²) in [6.07, 6.45) is 1.86. The maximum Gasteiger partial charge on any atom is 0.0726 e. The summed E-state index contributed by atoms with van der Waals surface area (Å²) in [6.45, 7) is 0. The molecule has 0 fully saturated rings. The largest absolute Gasteiger partial charge is 0.256 e. The molecule has 2 aliphatic carbocycles. The lowest BCUT2D eigenvalue weighted by atomic mass is 9.69. The molecule has 208 valence electrons. The van der Waals surface area contributed by atoms with Gasteiger partial charge in [-0.05, 0) is 108 Å². The second-order valence-corrected chi connectivity index (χ2v) is 12.3. The first kappa shape index (κ1) is 24.6. The van der Waals surface area contributed by atoms with E-state index in [4.69, 9.17) is 0 Å². The number of pyridine rings is 1. The van der Waals surface area contributed by atoms with Gasteiger partial charge in [-0.2, -0.15) is 0 Å². The molecule has 0 bridgehead atoms. The van der Waals surface area contributed by atoms with E-state index in [1.807, 2.05) is 18.3 Å². The highest BCUT2D eigenvalue weighted by Crippen LogP contribution is 2.64. The minimum absolute atomic E-state index is 0.408. The van der Waals surface area contributed by atoms with E-state index < -0.39 is 5.41 Å². The molecule has 0 unspecified atom stereocenters. The summed E-state index contributed by atoms with van der Waals surface area (Å²) in [5.41, 5.74) is 15.0. The van der Waals surface area contributed by atoms with Gasteiger partial charge in [-0.25, -0.2) is 0 Å². The van der Waals surface area contributed by atoms with E-state index in [0.717, 1.165) is 11.3 Å². The molecule has 0 saturated carbocycles. The molecule has 1 nitrogen and oxygen atoms in total. The third-order valence-corrected chi connectivity index (χ3v) is 10.1. The summed E-state index contributed by atoms with van der Waals surface area (Å²) < 4.78 is 0. The molecule has 1 heterocycles. The summed E-state index contributed by atoms with van der Waals surface area (Å²) >= 11 is 0. The van der Waals surface area contributed by atoms with Gasteiger partial charge in [0.15, 0.2) is 0 Å². The van der Waals surface area contributed by atoms with E-state index in [-0.39, 0.29) is 0 Å². The van der Waals surface area contributed by atoms with Crippen LogP contribution in [0.4, 0.5) is 0 Å². The van der Waals surface area contributed by atoms with E-state index in [2.05, 4.69) is 151 Å². The van der Waals surface area contributed by atoms with Crippen molar-refractivity contribution in [1.29, 1.82) is 0 Å². The van der Waals surface area contributed by atoms with Gasteiger partial charge in [0, 0.05) is 11.8 Å².